The molecule has 0 N–H and O–H groups in total. The van der Waals surface area contributed by atoms with Crippen molar-refractivity contribution in [2.45, 2.75) is 26.2 Å². The van der Waals surface area contributed by atoms with E-state index < -0.39 is 0 Å². The monoisotopic (exact) mass is 276 g/mol. The largest absolute Gasteiger partial charge is 0.494 e. The zero-order valence-electron chi connectivity index (χ0n) is 10.8. The number of aromatic nitrogens is 2. The number of para-hydroxylation sites is 1. The molecule has 1 aromatic carbocycles. The van der Waals surface area contributed by atoms with Crippen LogP contribution in [-0.2, 0) is 11.2 Å². The molecule has 0 radical (unpaired) electrons. The second-order valence-electron chi connectivity index (χ2n) is 4.20. The van der Waals surface area contributed by atoms with Gasteiger partial charge in [0, 0.05) is 6.42 Å². The second kappa shape index (κ2) is 6.99. The maximum atomic E-state index is 11.7. The van der Waals surface area contributed by atoms with Gasteiger partial charge >= 0.3 is 0 Å². The fourth-order valence-corrected chi connectivity index (χ4v) is 2.38. The molecule has 0 amide bonds. The number of hydrogen-bond acceptors (Lipinski definition) is 5. The van der Waals surface area contributed by atoms with Gasteiger partial charge in [0.15, 0.2) is 0 Å². The van der Waals surface area contributed by atoms with Gasteiger partial charge in [-0.1, -0.05) is 18.2 Å². The highest BCUT2D eigenvalue weighted by atomic mass is 32.1. The number of nitrogens with zero attached hydrogens (tertiary/aromatic N) is 2. The number of ketones is 1. The Morgan fingerprint density at radius 3 is 2.74 bits per heavy atom. The molecule has 0 aliphatic rings. The second-order valence-corrected chi connectivity index (χ2v) is 5.46. The fraction of sp³-hybridized carbons (Fsp3) is 0.357. The summed E-state index contributed by atoms with van der Waals surface area (Å²) in [5.41, 5.74) is 0. The minimum Gasteiger partial charge on any atom is -0.494 e. The summed E-state index contributed by atoms with van der Waals surface area (Å²) in [5, 5.41) is 9.54. The summed E-state index contributed by atoms with van der Waals surface area (Å²) in [7, 11) is 0. The number of carbonyl (C=O) groups excluding carboxylic acids is 1. The van der Waals surface area contributed by atoms with Crippen LogP contribution >= 0.6 is 11.3 Å². The molecule has 0 unspecified atom stereocenters. The Labute approximate surface area is 116 Å². The van der Waals surface area contributed by atoms with Crippen molar-refractivity contribution < 1.29 is 9.53 Å². The van der Waals surface area contributed by atoms with E-state index in [9.17, 15) is 4.79 Å². The predicted molar refractivity (Wildman–Crippen MR) is 74.5 cm³/mol. The molecule has 0 bridgehead atoms. The fourth-order valence-electron chi connectivity index (χ4n) is 1.64. The maximum absolute atomic E-state index is 11.7. The minimum atomic E-state index is 0.188. The Bertz CT molecular complexity index is 525. The van der Waals surface area contributed by atoms with Gasteiger partial charge in [-0.15, -0.1) is 21.5 Å². The number of Topliss-reactive ketones (excluding diaryl/α,β-unsaturated/α-hetero) is 1. The summed E-state index contributed by atoms with van der Waals surface area (Å²) >= 11 is 1.48. The van der Waals surface area contributed by atoms with Crippen LogP contribution in [0.3, 0.4) is 0 Å². The first kappa shape index (κ1) is 13.7. The molecule has 1 heterocycles. The van der Waals surface area contributed by atoms with E-state index in [1.54, 1.807) is 0 Å². The Morgan fingerprint density at radius 2 is 2.05 bits per heavy atom. The number of ether oxygens (including phenoxy) is 1. The molecule has 2 aromatic rings. The third-order valence-electron chi connectivity index (χ3n) is 2.53. The molecule has 0 saturated carbocycles. The number of rotatable bonds is 7. The van der Waals surface area contributed by atoms with Crippen molar-refractivity contribution in [3.8, 4) is 5.75 Å². The van der Waals surface area contributed by atoms with E-state index >= 15 is 0 Å². The summed E-state index contributed by atoms with van der Waals surface area (Å²) < 4.78 is 5.53. The third kappa shape index (κ3) is 4.79. The van der Waals surface area contributed by atoms with Crippen LogP contribution in [0.25, 0.3) is 0 Å². The normalized spacial score (nSPS) is 10.4. The summed E-state index contributed by atoms with van der Waals surface area (Å²) in [6, 6.07) is 9.62. The van der Waals surface area contributed by atoms with E-state index in [-0.39, 0.29) is 5.78 Å². The quantitative estimate of drug-likeness (QED) is 0.730. The SMILES string of the molecule is Cc1nnc(CC(=O)CCCOc2ccccc2)s1. The highest BCUT2D eigenvalue weighted by Gasteiger charge is 2.07. The predicted octanol–water partition coefficient (Wildman–Crippen LogP) is 2.82. The van der Waals surface area contributed by atoms with Crippen molar-refractivity contribution in [3.63, 3.8) is 0 Å². The van der Waals surface area contributed by atoms with Crippen molar-refractivity contribution in [1.29, 1.82) is 0 Å². The molecule has 0 saturated heterocycles. The van der Waals surface area contributed by atoms with Crippen molar-refractivity contribution >= 4 is 17.1 Å². The Kier molecular flexibility index (Phi) is 5.03. The van der Waals surface area contributed by atoms with Crippen LogP contribution in [0.15, 0.2) is 30.3 Å². The van der Waals surface area contributed by atoms with Gasteiger partial charge in [0.25, 0.3) is 0 Å². The van der Waals surface area contributed by atoms with E-state index in [0.29, 0.717) is 19.4 Å². The molecular weight excluding hydrogens is 260 g/mol. The van der Waals surface area contributed by atoms with Gasteiger partial charge in [0.05, 0.1) is 13.0 Å². The Hall–Kier alpha value is -1.75. The number of aryl methyl sites for hydroxylation is 1. The molecule has 0 atom stereocenters. The van der Waals surface area contributed by atoms with Gasteiger partial charge in [-0.2, -0.15) is 0 Å². The molecule has 4 nitrogen and oxygen atoms in total. The number of hydrogen-bond donors (Lipinski definition) is 0. The minimum absolute atomic E-state index is 0.188. The number of carbonyl (C=O) groups is 1. The first-order valence-corrected chi connectivity index (χ1v) is 7.04. The van der Waals surface area contributed by atoms with E-state index in [1.807, 2.05) is 37.3 Å². The van der Waals surface area contributed by atoms with Crippen molar-refractivity contribution in [2.24, 2.45) is 0 Å². The van der Waals surface area contributed by atoms with Crippen LogP contribution in [0.4, 0.5) is 0 Å². The molecule has 100 valence electrons. The van der Waals surface area contributed by atoms with Crippen LogP contribution in [-0.4, -0.2) is 22.6 Å². The van der Waals surface area contributed by atoms with E-state index in [4.69, 9.17) is 4.74 Å². The zero-order valence-corrected chi connectivity index (χ0v) is 11.7. The van der Waals surface area contributed by atoms with Gasteiger partial charge < -0.3 is 4.74 Å². The standard InChI is InChI=1S/C14H16N2O2S/c1-11-15-16-14(19-11)10-12(17)6-5-9-18-13-7-3-2-4-8-13/h2-4,7-8H,5-6,9-10H2,1H3. The van der Waals surface area contributed by atoms with Gasteiger partial charge in [-0.3, -0.25) is 4.79 Å². The summed E-state index contributed by atoms with van der Waals surface area (Å²) in [4.78, 5) is 11.7. The molecule has 0 fully saturated rings. The molecule has 0 spiro atoms. The van der Waals surface area contributed by atoms with Gasteiger partial charge in [-0.05, 0) is 25.5 Å². The van der Waals surface area contributed by atoms with Crippen LogP contribution in [0, 0.1) is 6.92 Å². The van der Waals surface area contributed by atoms with E-state index in [0.717, 1.165) is 22.2 Å². The molecule has 5 heteroatoms. The highest BCUT2D eigenvalue weighted by molar-refractivity contribution is 7.11. The summed E-state index contributed by atoms with van der Waals surface area (Å²) in [6.07, 6.45) is 1.63. The van der Waals surface area contributed by atoms with Crippen LogP contribution in [0.1, 0.15) is 22.9 Å². The van der Waals surface area contributed by atoms with E-state index in [2.05, 4.69) is 10.2 Å². The molecule has 1 aromatic heterocycles. The van der Waals surface area contributed by atoms with Crippen molar-refractivity contribution in [1.82, 2.24) is 10.2 Å². The molecular formula is C14H16N2O2S. The van der Waals surface area contributed by atoms with Crippen LogP contribution in [0.2, 0.25) is 0 Å². The smallest absolute Gasteiger partial charge is 0.139 e. The number of benzene rings is 1. The molecule has 19 heavy (non-hydrogen) atoms. The Balaban J connectivity index is 1.64. The zero-order chi connectivity index (χ0) is 13.5. The summed E-state index contributed by atoms with van der Waals surface area (Å²) in [6.45, 7) is 2.45. The first-order valence-electron chi connectivity index (χ1n) is 6.22. The average Bonchev–Trinajstić information content (AvgIpc) is 2.81. The topological polar surface area (TPSA) is 52.1 Å². The highest BCUT2D eigenvalue weighted by Crippen LogP contribution is 2.11. The molecule has 0 aliphatic heterocycles. The first-order chi connectivity index (χ1) is 9.24. The van der Waals surface area contributed by atoms with Crippen molar-refractivity contribution in [2.75, 3.05) is 6.61 Å². The third-order valence-corrected chi connectivity index (χ3v) is 3.37. The van der Waals surface area contributed by atoms with Gasteiger partial charge in [-0.25, -0.2) is 0 Å². The van der Waals surface area contributed by atoms with Crippen LogP contribution < -0.4 is 4.74 Å². The molecule has 0 aliphatic carbocycles. The van der Waals surface area contributed by atoms with Gasteiger partial charge in [0.1, 0.15) is 21.5 Å². The lowest BCUT2D eigenvalue weighted by Crippen LogP contribution is -2.06. The van der Waals surface area contributed by atoms with Crippen LogP contribution in [0.5, 0.6) is 5.75 Å². The Morgan fingerprint density at radius 1 is 1.26 bits per heavy atom. The lowest BCUT2D eigenvalue weighted by atomic mass is 10.2. The average molecular weight is 276 g/mol. The lowest BCUT2D eigenvalue weighted by molar-refractivity contribution is -0.118. The lowest BCUT2D eigenvalue weighted by Gasteiger charge is -2.04. The van der Waals surface area contributed by atoms with Crippen molar-refractivity contribution in [3.05, 3.63) is 40.3 Å². The van der Waals surface area contributed by atoms with E-state index in [1.165, 1.54) is 11.3 Å². The van der Waals surface area contributed by atoms with Gasteiger partial charge in [0.2, 0.25) is 0 Å². The molecule has 2 rings (SSSR count). The summed E-state index contributed by atoms with van der Waals surface area (Å²) in [5.74, 6) is 1.03. The maximum Gasteiger partial charge on any atom is 0.139 e.